The SMILES string of the molecule is C=CCN(C(=O)C1N([C@@H](CO)C(C)C)C(=O)[C@@H]2[C@@H](C(=O)N(CC=C)c3ccccc3)[C@@]3(CC)CCC12O3)c1ccc(OC)cc1. The molecule has 6 atom stereocenters. The molecule has 0 radical (unpaired) electrons. The van der Waals surface area contributed by atoms with Gasteiger partial charge in [0, 0.05) is 24.5 Å². The molecular formula is C36H45N3O6. The third-order valence-electron chi connectivity index (χ3n) is 10.0. The summed E-state index contributed by atoms with van der Waals surface area (Å²) in [6.07, 6.45) is 4.80. The van der Waals surface area contributed by atoms with Crippen molar-refractivity contribution in [2.45, 2.75) is 63.3 Å². The van der Waals surface area contributed by atoms with Crippen LogP contribution >= 0.6 is 0 Å². The average Bonchev–Trinajstić information content (AvgIpc) is 3.66. The highest BCUT2D eigenvalue weighted by Crippen LogP contribution is 2.65. The van der Waals surface area contributed by atoms with Crippen molar-refractivity contribution in [3.8, 4) is 5.75 Å². The van der Waals surface area contributed by atoms with Crippen molar-refractivity contribution < 1.29 is 29.0 Å². The first-order chi connectivity index (χ1) is 21.6. The Balaban J connectivity index is 1.65. The summed E-state index contributed by atoms with van der Waals surface area (Å²) in [5.41, 5.74) is -0.835. The van der Waals surface area contributed by atoms with Gasteiger partial charge in [-0.1, -0.05) is 51.1 Å². The van der Waals surface area contributed by atoms with Gasteiger partial charge in [0.15, 0.2) is 0 Å². The van der Waals surface area contributed by atoms with Crippen LogP contribution in [0.25, 0.3) is 0 Å². The minimum Gasteiger partial charge on any atom is -0.497 e. The number of methoxy groups -OCH3 is 1. The maximum Gasteiger partial charge on any atom is 0.253 e. The second-order valence-corrected chi connectivity index (χ2v) is 12.6. The summed E-state index contributed by atoms with van der Waals surface area (Å²) in [5, 5.41) is 10.6. The van der Waals surface area contributed by atoms with E-state index in [1.54, 1.807) is 58.2 Å². The molecule has 45 heavy (non-hydrogen) atoms. The van der Waals surface area contributed by atoms with Crippen molar-refractivity contribution in [1.82, 2.24) is 4.90 Å². The number of ether oxygens (including phenoxy) is 2. The molecule has 2 bridgehead atoms. The minimum absolute atomic E-state index is 0.161. The summed E-state index contributed by atoms with van der Waals surface area (Å²) < 4.78 is 12.3. The Morgan fingerprint density at radius 2 is 1.62 bits per heavy atom. The molecule has 3 fully saturated rings. The van der Waals surface area contributed by atoms with Gasteiger partial charge in [0.25, 0.3) is 5.91 Å². The van der Waals surface area contributed by atoms with Crippen molar-refractivity contribution in [1.29, 1.82) is 0 Å². The zero-order valence-corrected chi connectivity index (χ0v) is 26.7. The first-order valence-corrected chi connectivity index (χ1v) is 15.8. The van der Waals surface area contributed by atoms with E-state index in [1.807, 2.05) is 51.1 Å². The number of benzene rings is 2. The van der Waals surface area contributed by atoms with Crippen LogP contribution in [0.3, 0.4) is 0 Å². The number of likely N-dealkylation sites (tertiary alicyclic amines) is 1. The van der Waals surface area contributed by atoms with Crippen LogP contribution in [0.5, 0.6) is 5.75 Å². The molecule has 3 saturated heterocycles. The predicted molar refractivity (Wildman–Crippen MR) is 174 cm³/mol. The molecule has 5 rings (SSSR count). The Kier molecular flexibility index (Phi) is 9.23. The molecule has 3 heterocycles. The number of aliphatic hydroxyl groups is 1. The molecule has 3 aliphatic heterocycles. The number of carbonyl (C=O) groups excluding carboxylic acids is 3. The Hall–Kier alpha value is -3.95. The smallest absolute Gasteiger partial charge is 0.253 e. The Bertz CT molecular complexity index is 1430. The second-order valence-electron chi connectivity index (χ2n) is 12.6. The number of anilines is 2. The van der Waals surface area contributed by atoms with E-state index in [9.17, 15) is 19.5 Å². The molecule has 1 spiro atoms. The number of fused-ring (bicyclic) bond motifs is 1. The summed E-state index contributed by atoms with van der Waals surface area (Å²) >= 11 is 0. The first kappa shape index (κ1) is 32.4. The number of amides is 3. The summed E-state index contributed by atoms with van der Waals surface area (Å²) in [4.78, 5) is 49.3. The summed E-state index contributed by atoms with van der Waals surface area (Å²) in [5.74, 6) is -2.10. The van der Waals surface area contributed by atoms with Gasteiger partial charge in [-0.05, 0) is 61.6 Å². The summed E-state index contributed by atoms with van der Waals surface area (Å²) in [6.45, 7) is 13.7. The highest BCUT2D eigenvalue weighted by atomic mass is 16.5. The molecule has 3 amide bonds. The second kappa shape index (κ2) is 12.8. The largest absolute Gasteiger partial charge is 0.497 e. The molecule has 9 nitrogen and oxygen atoms in total. The predicted octanol–water partition coefficient (Wildman–Crippen LogP) is 4.61. The number of carbonyl (C=O) groups is 3. The Morgan fingerprint density at radius 1 is 1.02 bits per heavy atom. The summed E-state index contributed by atoms with van der Waals surface area (Å²) in [6, 6.07) is 14.8. The minimum atomic E-state index is -1.24. The third-order valence-corrected chi connectivity index (χ3v) is 10.0. The van der Waals surface area contributed by atoms with E-state index in [2.05, 4.69) is 13.2 Å². The molecule has 2 aromatic carbocycles. The van der Waals surface area contributed by atoms with Crippen LogP contribution in [0.4, 0.5) is 11.4 Å². The third kappa shape index (κ3) is 5.16. The number of nitrogens with zero attached hydrogens (tertiary/aromatic N) is 3. The summed E-state index contributed by atoms with van der Waals surface area (Å²) in [7, 11) is 1.58. The lowest BCUT2D eigenvalue weighted by atomic mass is 9.64. The fraction of sp³-hybridized carbons (Fsp3) is 0.472. The fourth-order valence-corrected chi connectivity index (χ4v) is 7.88. The highest BCUT2D eigenvalue weighted by Gasteiger charge is 2.79. The van der Waals surface area contributed by atoms with Gasteiger partial charge in [0.1, 0.15) is 17.4 Å². The van der Waals surface area contributed by atoms with E-state index in [-0.39, 0.29) is 43.3 Å². The van der Waals surface area contributed by atoms with Crippen LogP contribution in [0.1, 0.15) is 40.0 Å². The molecule has 2 unspecified atom stereocenters. The van der Waals surface area contributed by atoms with Crippen LogP contribution in [-0.4, -0.2) is 77.8 Å². The first-order valence-electron chi connectivity index (χ1n) is 15.8. The van der Waals surface area contributed by atoms with E-state index < -0.39 is 35.1 Å². The lowest BCUT2D eigenvalue weighted by Crippen LogP contribution is -2.60. The molecule has 2 aromatic rings. The van der Waals surface area contributed by atoms with E-state index in [0.717, 1.165) is 0 Å². The van der Waals surface area contributed by atoms with Gasteiger partial charge in [-0.2, -0.15) is 0 Å². The van der Waals surface area contributed by atoms with Gasteiger partial charge >= 0.3 is 0 Å². The number of hydrogen-bond acceptors (Lipinski definition) is 6. The van der Waals surface area contributed by atoms with Crippen molar-refractivity contribution in [3.63, 3.8) is 0 Å². The van der Waals surface area contributed by atoms with E-state index >= 15 is 0 Å². The van der Waals surface area contributed by atoms with Crippen LogP contribution < -0.4 is 14.5 Å². The fourth-order valence-electron chi connectivity index (χ4n) is 7.88. The van der Waals surface area contributed by atoms with Crippen LogP contribution in [-0.2, 0) is 19.1 Å². The van der Waals surface area contributed by atoms with Gasteiger partial charge in [0.05, 0.1) is 37.2 Å². The van der Waals surface area contributed by atoms with Crippen LogP contribution in [0, 0.1) is 17.8 Å². The molecule has 240 valence electrons. The highest BCUT2D eigenvalue weighted by molar-refractivity contribution is 6.07. The number of rotatable bonds is 13. The zero-order chi connectivity index (χ0) is 32.5. The molecule has 1 N–H and O–H groups in total. The number of aliphatic hydroxyl groups excluding tert-OH is 1. The van der Waals surface area contributed by atoms with Gasteiger partial charge in [-0.25, -0.2) is 0 Å². The van der Waals surface area contributed by atoms with Gasteiger partial charge < -0.3 is 29.3 Å². The monoisotopic (exact) mass is 615 g/mol. The van der Waals surface area contributed by atoms with E-state index in [4.69, 9.17) is 9.47 Å². The van der Waals surface area contributed by atoms with Crippen molar-refractivity contribution in [2.24, 2.45) is 17.8 Å². The van der Waals surface area contributed by atoms with E-state index in [0.29, 0.717) is 36.4 Å². The standard InChI is InChI=1S/C36H45N3O6/c1-7-21-37(25-13-11-10-12-14-25)32(41)29-30-33(42)39(28(23-40)24(4)5)31(36(30)20-19-35(29,9-3)45-36)34(43)38(22-8-2)26-15-17-27(44-6)18-16-26/h7-8,10-18,24,28-31,40H,1-2,9,19-23H2,3-6H3/t28-,29-,30-,31?,35+,36?/m0/s1. The van der Waals surface area contributed by atoms with Crippen molar-refractivity contribution in [2.75, 3.05) is 36.6 Å². The van der Waals surface area contributed by atoms with Gasteiger partial charge in [0.2, 0.25) is 11.8 Å². The Labute approximate surface area is 266 Å². The maximum atomic E-state index is 14.9. The molecule has 9 heteroatoms. The topological polar surface area (TPSA) is 99.6 Å². The molecule has 0 aliphatic carbocycles. The zero-order valence-electron chi connectivity index (χ0n) is 26.7. The molecular weight excluding hydrogens is 570 g/mol. The maximum absolute atomic E-state index is 14.9. The quantitative estimate of drug-likeness (QED) is 0.331. The van der Waals surface area contributed by atoms with Crippen LogP contribution in [0.15, 0.2) is 79.9 Å². The van der Waals surface area contributed by atoms with Crippen molar-refractivity contribution in [3.05, 3.63) is 79.9 Å². The molecule has 0 aromatic heterocycles. The average molecular weight is 616 g/mol. The van der Waals surface area contributed by atoms with E-state index in [1.165, 1.54) is 0 Å². The van der Waals surface area contributed by atoms with Crippen LogP contribution in [0.2, 0.25) is 0 Å². The van der Waals surface area contributed by atoms with Gasteiger partial charge in [-0.15, -0.1) is 13.2 Å². The Morgan fingerprint density at radius 3 is 2.16 bits per heavy atom. The molecule has 0 saturated carbocycles. The lowest BCUT2D eigenvalue weighted by Gasteiger charge is -2.40. The van der Waals surface area contributed by atoms with Crippen molar-refractivity contribution >= 4 is 29.1 Å². The normalized spacial score (nSPS) is 27.3. The lowest BCUT2D eigenvalue weighted by molar-refractivity contribution is -0.150. The molecule has 3 aliphatic rings. The number of para-hydroxylation sites is 1. The van der Waals surface area contributed by atoms with Gasteiger partial charge in [-0.3, -0.25) is 14.4 Å². The number of hydrogen-bond donors (Lipinski definition) is 1.